The van der Waals surface area contributed by atoms with Crippen LogP contribution in [0.25, 0.3) is 0 Å². The van der Waals surface area contributed by atoms with Crippen molar-refractivity contribution in [1.29, 1.82) is 0 Å². The molecule has 96 valence electrons. The second-order valence-electron chi connectivity index (χ2n) is 3.62. The van der Waals surface area contributed by atoms with Gasteiger partial charge in [-0.15, -0.1) is 0 Å². The molecule has 0 saturated heterocycles. The summed E-state index contributed by atoms with van der Waals surface area (Å²) in [6.07, 6.45) is 1.76. The molecule has 0 unspecified atom stereocenters. The maximum Gasteiger partial charge on any atom is 0.253 e. The second kappa shape index (κ2) is 5.67. The lowest BCUT2D eigenvalue weighted by Gasteiger charge is -1.98. The first kappa shape index (κ1) is 12.6. The molecule has 2 rings (SSSR count). The number of hydrogen-bond acceptors (Lipinski definition) is 7. The van der Waals surface area contributed by atoms with Gasteiger partial charge in [0.15, 0.2) is 11.0 Å². The number of aromatic amines is 1. The minimum atomic E-state index is -0.276. The van der Waals surface area contributed by atoms with Gasteiger partial charge in [-0.05, 0) is 6.42 Å². The molecule has 0 fully saturated rings. The molecule has 0 radical (unpaired) electrons. The highest BCUT2D eigenvalue weighted by molar-refractivity contribution is 7.98. The van der Waals surface area contributed by atoms with Crippen LogP contribution < -0.4 is 11.3 Å². The van der Waals surface area contributed by atoms with Gasteiger partial charge in [0, 0.05) is 12.5 Å². The Bertz CT molecular complexity index is 580. The summed E-state index contributed by atoms with van der Waals surface area (Å²) in [5, 5.41) is 4.28. The largest absolute Gasteiger partial charge is 0.383 e. The third-order valence-corrected chi connectivity index (χ3v) is 2.91. The average Bonchev–Trinajstić information content (AvgIpc) is 2.74. The number of aryl methyl sites for hydroxylation is 1. The Morgan fingerprint density at radius 3 is 3.06 bits per heavy atom. The summed E-state index contributed by atoms with van der Waals surface area (Å²) in [6.45, 7) is 2.05. The zero-order chi connectivity index (χ0) is 13.0. The molecule has 0 aliphatic heterocycles. The van der Waals surface area contributed by atoms with Crippen molar-refractivity contribution < 1.29 is 4.52 Å². The zero-order valence-corrected chi connectivity index (χ0v) is 10.7. The van der Waals surface area contributed by atoms with Gasteiger partial charge >= 0.3 is 0 Å². The van der Waals surface area contributed by atoms with Crippen molar-refractivity contribution in [3.8, 4) is 0 Å². The van der Waals surface area contributed by atoms with Gasteiger partial charge < -0.3 is 15.2 Å². The highest BCUT2D eigenvalue weighted by Gasteiger charge is 2.07. The second-order valence-corrected chi connectivity index (χ2v) is 4.58. The number of nitrogen functional groups attached to an aromatic ring is 1. The van der Waals surface area contributed by atoms with Crippen LogP contribution in [0.1, 0.15) is 25.1 Å². The van der Waals surface area contributed by atoms with Crippen molar-refractivity contribution in [3.63, 3.8) is 0 Å². The van der Waals surface area contributed by atoms with Crippen molar-refractivity contribution in [1.82, 2.24) is 20.1 Å². The minimum Gasteiger partial charge on any atom is -0.383 e. The standard InChI is InChI=1S/C10H13N5O2S/c1-2-3-7-13-9(17-15-7)5-18-10-12-6(11)4-8(16)14-10/h4H,2-3,5H2,1H3,(H3,11,12,14,16). The molecule has 2 aromatic heterocycles. The molecule has 3 N–H and O–H groups in total. The van der Waals surface area contributed by atoms with Crippen molar-refractivity contribution in [2.75, 3.05) is 5.73 Å². The van der Waals surface area contributed by atoms with Crippen LogP contribution in [0, 0.1) is 0 Å². The molecule has 0 aliphatic rings. The number of rotatable bonds is 5. The van der Waals surface area contributed by atoms with Crippen LogP contribution >= 0.6 is 11.8 Å². The number of aromatic nitrogens is 4. The molecule has 18 heavy (non-hydrogen) atoms. The van der Waals surface area contributed by atoms with E-state index in [1.165, 1.54) is 17.8 Å². The molecule has 2 aromatic rings. The number of nitrogens with one attached hydrogen (secondary N) is 1. The van der Waals surface area contributed by atoms with Gasteiger partial charge in [0.2, 0.25) is 5.89 Å². The fraction of sp³-hybridized carbons (Fsp3) is 0.400. The van der Waals surface area contributed by atoms with Gasteiger partial charge in [-0.1, -0.05) is 23.8 Å². The van der Waals surface area contributed by atoms with Crippen LogP contribution in [0.3, 0.4) is 0 Å². The Balaban J connectivity index is 1.99. The summed E-state index contributed by atoms with van der Waals surface area (Å²) in [7, 11) is 0. The summed E-state index contributed by atoms with van der Waals surface area (Å²) in [5.41, 5.74) is 5.20. The fourth-order valence-corrected chi connectivity index (χ4v) is 2.05. The molecule has 0 atom stereocenters. The van der Waals surface area contributed by atoms with E-state index in [4.69, 9.17) is 10.3 Å². The summed E-state index contributed by atoms with van der Waals surface area (Å²) < 4.78 is 5.07. The van der Waals surface area contributed by atoms with Crippen LogP contribution in [0.4, 0.5) is 5.82 Å². The van der Waals surface area contributed by atoms with E-state index in [2.05, 4.69) is 20.1 Å². The molecule has 2 heterocycles. The van der Waals surface area contributed by atoms with E-state index in [1.54, 1.807) is 0 Å². The lowest BCUT2D eigenvalue weighted by molar-refractivity contribution is 0.384. The lowest BCUT2D eigenvalue weighted by Crippen LogP contribution is -2.09. The summed E-state index contributed by atoms with van der Waals surface area (Å²) >= 11 is 1.29. The number of hydrogen-bond donors (Lipinski definition) is 2. The monoisotopic (exact) mass is 267 g/mol. The Hall–Kier alpha value is -1.83. The first-order chi connectivity index (χ1) is 8.67. The Labute approximate surface area is 107 Å². The quantitative estimate of drug-likeness (QED) is 0.613. The van der Waals surface area contributed by atoms with Crippen molar-refractivity contribution in [3.05, 3.63) is 28.1 Å². The normalized spacial score (nSPS) is 10.7. The van der Waals surface area contributed by atoms with Crippen LogP contribution in [-0.2, 0) is 12.2 Å². The first-order valence-electron chi connectivity index (χ1n) is 5.48. The van der Waals surface area contributed by atoms with E-state index in [0.29, 0.717) is 22.6 Å². The van der Waals surface area contributed by atoms with E-state index in [0.717, 1.165) is 12.8 Å². The predicted molar refractivity (Wildman–Crippen MR) is 67.1 cm³/mol. The molecular weight excluding hydrogens is 254 g/mol. The van der Waals surface area contributed by atoms with Gasteiger partial charge in [0.05, 0.1) is 5.75 Å². The number of nitrogens with zero attached hydrogens (tertiary/aromatic N) is 3. The maximum atomic E-state index is 11.2. The van der Waals surface area contributed by atoms with Gasteiger partial charge in [0.1, 0.15) is 5.82 Å². The van der Waals surface area contributed by atoms with Crippen LogP contribution in [0.2, 0.25) is 0 Å². The SMILES string of the molecule is CCCc1noc(CSc2nc(N)cc(=O)[nH]2)n1. The van der Waals surface area contributed by atoms with Crippen LogP contribution in [0.15, 0.2) is 20.5 Å². The molecule has 0 amide bonds. The van der Waals surface area contributed by atoms with Crippen LogP contribution in [-0.4, -0.2) is 20.1 Å². The zero-order valence-electron chi connectivity index (χ0n) is 9.84. The van der Waals surface area contributed by atoms with Crippen molar-refractivity contribution >= 4 is 17.6 Å². The number of anilines is 1. The van der Waals surface area contributed by atoms with E-state index in [-0.39, 0.29) is 11.4 Å². The molecule has 0 spiro atoms. The van der Waals surface area contributed by atoms with E-state index < -0.39 is 0 Å². The molecule has 8 heteroatoms. The molecule has 0 bridgehead atoms. The third-order valence-electron chi connectivity index (χ3n) is 2.06. The van der Waals surface area contributed by atoms with Crippen molar-refractivity contribution in [2.24, 2.45) is 0 Å². The fourth-order valence-electron chi connectivity index (χ4n) is 1.33. The highest BCUT2D eigenvalue weighted by atomic mass is 32.2. The smallest absolute Gasteiger partial charge is 0.253 e. The topological polar surface area (TPSA) is 111 Å². The maximum absolute atomic E-state index is 11.2. The van der Waals surface area contributed by atoms with E-state index >= 15 is 0 Å². The number of H-pyrrole nitrogens is 1. The molecule has 0 aromatic carbocycles. The number of nitrogens with two attached hydrogens (primary N) is 1. The molecule has 7 nitrogen and oxygen atoms in total. The summed E-state index contributed by atoms with van der Waals surface area (Å²) in [5.74, 6) is 1.84. The Kier molecular flexibility index (Phi) is 3.98. The summed E-state index contributed by atoms with van der Waals surface area (Å²) in [6, 6.07) is 1.23. The third kappa shape index (κ3) is 3.33. The van der Waals surface area contributed by atoms with Crippen molar-refractivity contribution in [2.45, 2.75) is 30.7 Å². The first-order valence-corrected chi connectivity index (χ1v) is 6.47. The van der Waals surface area contributed by atoms with E-state index in [1.807, 2.05) is 6.92 Å². The minimum absolute atomic E-state index is 0.193. The molecule has 0 aliphatic carbocycles. The van der Waals surface area contributed by atoms with Gasteiger partial charge in [-0.3, -0.25) is 4.79 Å². The average molecular weight is 267 g/mol. The van der Waals surface area contributed by atoms with E-state index in [9.17, 15) is 4.79 Å². The van der Waals surface area contributed by atoms with Gasteiger partial charge in [-0.2, -0.15) is 4.98 Å². The number of thioether (sulfide) groups is 1. The molecule has 0 saturated carbocycles. The molecular formula is C10H13N5O2S. The van der Waals surface area contributed by atoms with Gasteiger partial charge in [0.25, 0.3) is 5.56 Å². The Morgan fingerprint density at radius 1 is 1.50 bits per heavy atom. The van der Waals surface area contributed by atoms with Gasteiger partial charge in [-0.25, -0.2) is 4.98 Å². The predicted octanol–water partition coefficient (Wildman–Crippen LogP) is 0.980. The Morgan fingerprint density at radius 2 is 2.33 bits per heavy atom. The summed E-state index contributed by atoms with van der Waals surface area (Å²) in [4.78, 5) is 21.9. The van der Waals surface area contributed by atoms with Crippen LogP contribution in [0.5, 0.6) is 0 Å². The lowest BCUT2D eigenvalue weighted by atomic mass is 10.3. The highest BCUT2D eigenvalue weighted by Crippen LogP contribution is 2.17.